The van der Waals surface area contributed by atoms with Crippen LogP contribution in [-0.2, 0) is 17.8 Å². The fourth-order valence-electron chi connectivity index (χ4n) is 6.69. The number of ether oxygens (including phenoxy) is 1. The van der Waals surface area contributed by atoms with E-state index in [0.29, 0.717) is 24.4 Å². The van der Waals surface area contributed by atoms with Crippen LogP contribution in [0.5, 0.6) is 0 Å². The van der Waals surface area contributed by atoms with Crippen molar-refractivity contribution >= 4 is 10.9 Å². The Labute approximate surface area is 190 Å². The molecular weight excluding hydrogens is 394 g/mol. The number of nitriles is 1. The Bertz CT molecular complexity index is 1190. The smallest absolute Gasteiger partial charge is 0.179 e. The molecule has 4 nitrogen and oxygen atoms in total. The Morgan fingerprint density at radius 3 is 2.81 bits per heavy atom. The van der Waals surface area contributed by atoms with E-state index in [2.05, 4.69) is 66.2 Å². The minimum atomic E-state index is 0.0893. The highest BCUT2D eigenvalue weighted by Crippen LogP contribution is 2.46. The normalized spacial score (nSPS) is 27.6. The number of nitrogens with zero attached hydrogens (tertiary/aromatic N) is 3. The molecule has 164 valence electrons. The molecule has 4 heteroatoms. The summed E-state index contributed by atoms with van der Waals surface area (Å²) in [5.41, 5.74) is 6.45. The number of benzene rings is 2. The van der Waals surface area contributed by atoms with E-state index in [0.717, 1.165) is 25.9 Å². The van der Waals surface area contributed by atoms with Gasteiger partial charge in [-0.1, -0.05) is 56.2 Å². The van der Waals surface area contributed by atoms with Crippen LogP contribution in [0.1, 0.15) is 55.5 Å². The first kappa shape index (κ1) is 19.9. The maximum absolute atomic E-state index is 9.92. The maximum atomic E-state index is 9.92. The van der Waals surface area contributed by atoms with E-state index >= 15 is 0 Å². The highest BCUT2D eigenvalue weighted by molar-refractivity contribution is 5.88. The topological polar surface area (TPSA) is 41.2 Å². The van der Waals surface area contributed by atoms with Crippen molar-refractivity contribution < 1.29 is 4.74 Å². The molecule has 1 fully saturated rings. The summed E-state index contributed by atoms with van der Waals surface area (Å²) in [6, 6.07) is 17.5. The van der Waals surface area contributed by atoms with Crippen LogP contribution >= 0.6 is 0 Å². The van der Waals surface area contributed by atoms with Crippen molar-refractivity contribution in [3.8, 4) is 11.9 Å². The average molecular weight is 426 g/mol. The molecule has 2 aliphatic heterocycles. The van der Waals surface area contributed by atoms with Crippen molar-refractivity contribution in [1.82, 2.24) is 9.47 Å². The van der Waals surface area contributed by atoms with Gasteiger partial charge in [0.05, 0.1) is 29.6 Å². The van der Waals surface area contributed by atoms with Crippen LogP contribution in [0.3, 0.4) is 0 Å². The number of aromatic nitrogens is 1. The lowest BCUT2D eigenvalue weighted by Gasteiger charge is -2.40. The monoisotopic (exact) mass is 425 g/mol. The van der Waals surface area contributed by atoms with Gasteiger partial charge in [-0.2, -0.15) is 5.26 Å². The summed E-state index contributed by atoms with van der Waals surface area (Å²) >= 11 is 0. The minimum absolute atomic E-state index is 0.0893. The predicted molar refractivity (Wildman–Crippen MR) is 126 cm³/mol. The zero-order chi connectivity index (χ0) is 21.7. The van der Waals surface area contributed by atoms with Crippen molar-refractivity contribution in [2.75, 3.05) is 13.1 Å². The van der Waals surface area contributed by atoms with E-state index in [1.807, 2.05) is 4.90 Å². The van der Waals surface area contributed by atoms with Gasteiger partial charge in [-0.15, -0.1) is 0 Å². The summed E-state index contributed by atoms with van der Waals surface area (Å²) in [4.78, 5) is 2.03. The molecule has 0 spiro atoms. The molecule has 4 atom stereocenters. The molecule has 32 heavy (non-hydrogen) atoms. The van der Waals surface area contributed by atoms with Gasteiger partial charge in [0.1, 0.15) is 0 Å². The summed E-state index contributed by atoms with van der Waals surface area (Å²) in [6.45, 7) is 4.75. The second-order valence-corrected chi connectivity index (χ2v) is 10.0. The number of para-hydroxylation sites is 2. The van der Waals surface area contributed by atoms with Crippen LogP contribution in [-0.4, -0.2) is 22.6 Å². The Balaban J connectivity index is 1.59. The third-order valence-corrected chi connectivity index (χ3v) is 8.28. The Morgan fingerprint density at radius 2 is 1.91 bits per heavy atom. The van der Waals surface area contributed by atoms with Crippen LogP contribution in [0.15, 0.2) is 48.5 Å². The summed E-state index contributed by atoms with van der Waals surface area (Å²) in [5, 5.41) is 11.2. The first-order valence-electron chi connectivity index (χ1n) is 12.2. The maximum Gasteiger partial charge on any atom is 0.179 e. The lowest BCUT2D eigenvalue weighted by molar-refractivity contribution is -0.00460. The highest BCUT2D eigenvalue weighted by Gasteiger charge is 2.38. The molecule has 1 aliphatic carbocycles. The summed E-state index contributed by atoms with van der Waals surface area (Å²) in [7, 11) is 0. The van der Waals surface area contributed by atoms with E-state index in [-0.39, 0.29) is 6.10 Å². The van der Waals surface area contributed by atoms with Crippen LogP contribution in [0.2, 0.25) is 0 Å². The lowest BCUT2D eigenvalue weighted by Crippen LogP contribution is -2.38. The fraction of sp³-hybridized carbons (Fsp3) is 0.464. The molecule has 3 heterocycles. The number of hydrogen-bond acceptors (Lipinski definition) is 3. The van der Waals surface area contributed by atoms with Crippen LogP contribution in [0.25, 0.3) is 16.6 Å². The molecule has 1 saturated carbocycles. The number of fused-ring (bicyclic) bond motifs is 6. The Hall–Kier alpha value is -2.77. The first-order chi connectivity index (χ1) is 15.7. The van der Waals surface area contributed by atoms with Gasteiger partial charge in [0.25, 0.3) is 0 Å². The first-order valence-corrected chi connectivity index (χ1v) is 12.2. The molecule has 0 radical (unpaired) electrons. The second kappa shape index (κ2) is 7.98. The molecule has 0 amide bonds. The molecule has 2 aromatic carbocycles. The minimum Gasteiger partial charge on any atom is -0.367 e. The molecule has 0 bridgehead atoms. The fourth-order valence-corrected chi connectivity index (χ4v) is 6.69. The summed E-state index contributed by atoms with van der Waals surface area (Å²) in [5.74, 6) is 1.83. The second-order valence-electron chi connectivity index (χ2n) is 10.0. The van der Waals surface area contributed by atoms with Crippen LogP contribution < -0.4 is 0 Å². The molecular formula is C28H31N3O. The van der Waals surface area contributed by atoms with E-state index in [4.69, 9.17) is 4.74 Å². The van der Waals surface area contributed by atoms with Crippen molar-refractivity contribution in [2.24, 2.45) is 17.8 Å². The van der Waals surface area contributed by atoms with Crippen molar-refractivity contribution in [3.63, 3.8) is 0 Å². The van der Waals surface area contributed by atoms with Crippen molar-refractivity contribution in [2.45, 2.75) is 51.7 Å². The Kier molecular flexibility index (Phi) is 4.96. The largest absolute Gasteiger partial charge is 0.367 e. The van der Waals surface area contributed by atoms with Gasteiger partial charge in [0.15, 0.2) is 6.19 Å². The van der Waals surface area contributed by atoms with Gasteiger partial charge >= 0.3 is 0 Å². The van der Waals surface area contributed by atoms with Gasteiger partial charge in [-0.3, -0.25) is 0 Å². The zero-order valence-corrected chi connectivity index (χ0v) is 18.8. The molecule has 3 aliphatic rings. The third-order valence-electron chi connectivity index (χ3n) is 8.28. The quantitative estimate of drug-likeness (QED) is 0.416. The van der Waals surface area contributed by atoms with Gasteiger partial charge in [-0.25, -0.2) is 0 Å². The van der Waals surface area contributed by atoms with Crippen molar-refractivity contribution in [3.05, 3.63) is 65.4 Å². The molecule has 1 aromatic heterocycles. The van der Waals surface area contributed by atoms with Gasteiger partial charge in [0, 0.05) is 24.0 Å². The predicted octanol–water partition coefficient (Wildman–Crippen LogP) is 5.98. The number of rotatable bonds is 0. The third kappa shape index (κ3) is 3.14. The molecule has 3 aromatic rings. The van der Waals surface area contributed by atoms with Gasteiger partial charge < -0.3 is 14.2 Å². The van der Waals surface area contributed by atoms with E-state index < -0.39 is 0 Å². The number of hydrogen-bond donors (Lipinski definition) is 0. The van der Waals surface area contributed by atoms with Crippen molar-refractivity contribution in [1.29, 1.82) is 5.26 Å². The van der Waals surface area contributed by atoms with Crippen LogP contribution in [0.4, 0.5) is 0 Å². The molecule has 0 saturated heterocycles. The van der Waals surface area contributed by atoms with E-state index in [9.17, 15) is 5.26 Å². The van der Waals surface area contributed by atoms with E-state index in [1.165, 1.54) is 52.7 Å². The highest BCUT2D eigenvalue weighted by atomic mass is 16.5. The average Bonchev–Trinajstić information content (AvgIpc) is 3.05. The Morgan fingerprint density at radius 1 is 1.06 bits per heavy atom. The standard InChI is InChI=1S/C28H31N3O/c1-19-7-6-9-20-16-30(18-29)14-13-23-22-10-3-5-12-26(22)31-25-11-4-2-8-21(25)17-32-27(28(23)31)15-24(19)20/h2-5,8,10-12,19-20,24,27H,6-7,9,13-17H2,1H3/t19-,20-,24+,27?/m0/s1. The molecule has 1 unspecified atom stereocenters. The zero-order valence-electron chi connectivity index (χ0n) is 18.8. The lowest BCUT2D eigenvalue weighted by atomic mass is 9.69. The van der Waals surface area contributed by atoms with Crippen LogP contribution in [0, 0.1) is 29.2 Å². The molecule has 0 N–H and O–H groups in total. The summed E-state index contributed by atoms with van der Waals surface area (Å²) in [6.07, 6.45) is 8.33. The molecule has 6 rings (SSSR count). The SMILES string of the molecule is C[C@H]1CCC[C@H]2CN(C#N)CCc3c4n(c5ccccc35)-c3ccccc3COC4C[C@@H]21. The summed E-state index contributed by atoms with van der Waals surface area (Å²) < 4.78 is 9.23. The van der Waals surface area contributed by atoms with Gasteiger partial charge in [0.2, 0.25) is 0 Å². The van der Waals surface area contributed by atoms with E-state index in [1.54, 1.807) is 0 Å². The van der Waals surface area contributed by atoms with Gasteiger partial charge in [-0.05, 0) is 54.7 Å².